The first-order valence-corrected chi connectivity index (χ1v) is 10.1. The molecule has 26 heavy (non-hydrogen) atoms. The minimum absolute atomic E-state index is 0.670. The van der Waals surface area contributed by atoms with E-state index >= 15 is 0 Å². The molecular formula is C21H25Cl2N3. The van der Waals surface area contributed by atoms with Gasteiger partial charge in [-0.05, 0) is 48.4 Å². The second-order valence-corrected chi connectivity index (χ2v) is 8.18. The molecule has 5 heteroatoms. The molecule has 138 valence electrons. The fourth-order valence-electron chi connectivity index (χ4n) is 4.06. The van der Waals surface area contributed by atoms with Crippen LogP contribution in [0.15, 0.2) is 48.5 Å². The average molecular weight is 390 g/mol. The quantitative estimate of drug-likeness (QED) is 0.767. The van der Waals surface area contributed by atoms with Crippen molar-refractivity contribution in [1.82, 2.24) is 9.80 Å². The van der Waals surface area contributed by atoms with E-state index in [4.69, 9.17) is 23.2 Å². The van der Waals surface area contributed by atoms with Crippen LogP contribution in [0.4, 0.5) is 5.69 Å². The lowest BCUT2D eigenvalue weighted by Crippen LogP contribution is -2.50. The largest absolute Gasteiger partial charge is 0.370 e. The zero-order valence-corrected chi connectivity index (χ0v) is 16.5. The molecule has 0 saturated carbocycles. The number of halogens is 2. The third kappa shape index (κ3) is 4.34. The number of benzene rings is 2. The summed E-state index contributed by atoms with van der Waals surface area (Å²) < 4.78 is 0. The molecule has 0 aliphatic carbocycles. The molecule has 3 nitrogen and oxygen atoms in total. The Balaban J connectivity index is 1.27. The van der Waals surface area contributed by atoms with Gasteiger partial charge >= 0.3 is 0 Å². The monoisotopic (exact) mass is 389 g/mol. The molecule has 2 aliphatic heterocycles. The van der Waals surface area contributed by atoms with E-state index < -0.39 is 0 Å². The Bertz CT molecular complexity index is 709. The van der Waals surface area contributed by atoms with Crippen LogP contribution in [0.1, 0.15) is 12.0 Å². The second kappa shape index (κ2) is 8.18. The highest BCUT2D eigenvalue weighted by Gasteiger charge is 2.30. The van der Waals surface area contributed by atoms with Crippen LogP contribution >= 0.6 is 23.2 Å². The van der Waals surface area contributed by atoms with Crippen LogP contribution in [0.5, 0.6) is 0 Å². The molecule has 2 aromatic rings. The Kier molecular flexibility index (Phi) is 5.70. The van der Waals surface area contributed by atoms with Crippen molar-refractivity contribution >= 4 is 28.9 Å². The van der Waals surface area contributed by atoms with Crippen molar-refractivity contribution in [3.05, 3.63) is 64.1 Å². The van der Waals surface area contributed by atoms with E-state index in [0.717, 1.165) is 55.9 Å². The van der Waals surface area contributed by atoms with Crippen LogP contribution in [-0.4, -0.2) is 55.1 Å². The molecule has 2 saturated heterocycles. The zero-order chi connectivity index (χ0) is 17.9. The van der Waals surface area contributed by atoms with Gasteiger partial charge < -0.3 is 4.90 Å². The molecule has 2 heterocycles. The second-order valence-electron chi connectivity index (χ2n) is 7.30. The standard InChI is InChI=1S/C21H25Cl2N3/c22-18-3-1-17(2-4-18)15-24-11-13-25(14-12-24)21-9-10-26(16-21)20-7-5-19(23)6-8-20/h1-8,21H,9-16H2/t21-/m0/s1. The molecule has 0 unspecified atom stereocenters. The lowest BCUT2D eigenvalue weighted by molar-refractivity contribution is 0.0987. The van der Waals surface area contributed by atoms with Gasteiger partial charge in [0.2, 0.25) is 0 Å². The van der Waals surface area contributed by atoms with Gasteiger partial charge in [-0.15, -0.1) is 0 Å². The van der Waals surface area contributed by atoms with Crippen molar-refractivity contribution in [1.29, 1.82) is 0 Å². The SMILES string of the molecule is Clc1ccc(CN2CCN([C@H]3CCN(c4ccc(Cl)cc4)C3)CC2)cc1. The van der Waals surface area contributed by atoms with Gasteiger partial charge in [-0.1, -0.05) is 35.3 Å². The van der Waals surface area contributed by atoms with Gasteiger partial charge in [0.1, 0.15) is 0 Å². The van der Waals surface area contributed by atoms with Crippen molar-refractivity contribution in [3.63, 3.8) is 0 Å². The average Bonchev–Trinajstić information content (AvgIpc) is 3.15. The number of nitrogens with zero attached hydrogens (tertiary/aromatic N) is 3. The summed E-state index contributed by atoms with van der Waals surface area (Å²) in [6.45, 7) is 7.88. The molecule has 0 spiro atoms. The van der Waals surface area contributed by atoms with Crippen molar-refractivity contribution in [2.45, 2.75) is 19.0 Å². The third-order valence-electron chi connectivity index (χ3n) is 5.60. The van der Waals surface area contributed by atoms with E-state index in [0.29, 0.717) is 6.04 Å². The fourth-order valence-corrected chi connectivity index (χ4v) is 4.31. The topological polar surface area (TPSA) is 9.72 Å². The normalized spacial score (nSPS) is 22.1. The number of anilines is 1. The predicted octanol–water partition coefficient (Wildman–Crippen LogP) is 4.39. The smallest absolute Gasteiger partial charge is 0.0407 e. The van der Waals surface area contributed by atoms with Crippen molar-refractivity contribution in [2.24, 2.45) is 0 Å². The fraction of sp³-hybridized carbons (Fsp3) is 0.429. The van der Waals surface area contributed by atoms with Gasteiger partial charge in [0.15, 0.2) is 0 Å². The molecule has 0 amide bonds. The number of hydrogen-bond acceptors (Lipinski definition) is 3. The van der Waals surface area contributed by atoms with Crippen LogP contribution in [0.3, 0.4) is 0 Å². The Labute approximate surface area is 166 Å². The summed E-state index contributed by atoms with van der Waals surface area (Å²) in [5, 5.41) is 1.62. The molecular weight excluding hydrogens is 365 g/mol. The van der Waals surface area contributed by atoms with Crippen molar-refractivity contribution in [2.75, 3.05) is 44.2 Å². The van der Waals surface area contributed by atoms with Gasteiger partial charge in [-0.25, -0.2) is 0 Å². The molecule has 1 atom stereocenters. The van der Waals surface area contributed by atoms with Crippen molar-refractivity contribution < 1.29 is 0 Å². The summed E-state index contributed by atoms with van der Waals surface area (Å²) in [7, 11) is 0. The maximum absolute atomic E-state index is 6.01. The number of rotatable bonds is 4. The van der Waals surface area contributed by atoms with Crippen LogP contribution in [-0.2, 0) is 6.54 Å². The Morgan fingerprint density at radius 3 is 2.04 bits per heavy atom. The lowest BCUT2D eigenvalue weighted by Gasteiger charge is -2.38. The summed E-state index contributed by atoms with van der Waals surface area (Å²) in [5.74, 6) is 0. The van der Waals surface area contributed by atoms with Gasteiger partial charge in [0.05, 0.1) is 0 Å². The highest BCUT2D eigenvalue weighted by atomic mass is 35.5. The van der Waals surface area contributed by atoms with E-state index in [9.17, 15) is 0 Å². The highest BCUT2D eigenvalue weighted by Crippen LogP contribution is 2.25. The van der Waals surface area contributed by atoms with Gasteiger partial charge in [0.25, 0.3) is 0 Å². The summed E-state index contributed by atoms with van der Waals surface area (Å²) in [6.07, 6.45) is 1.25. The van der Waals surface area contributed by atoms with Gasteiger partial charge in [-0.3, -0.25) is 9.80 Å². The minimum Gasteiger partial charge on any atom is -0.370 e. The highest BCUT2D eigenvalue weighted by molar-refractivity contribution is 6.30. The van der Waals surface area contributed by atoms with Crippen molar-refractivity contribution in [3.8, 4) is 0 Å². The molecule has 0 N–H and O–H groups in total. The van der Waals surface area contributed by atoms with E-state index in [1.54, 1.807) is 0 Å². The Hall–Kier alpha value is -1.26. The first-order chi connectivity index (χ1) is 12.7. The Morgan fingerprint density at radius 1 is 0.769 bits per heavy atom. The van der Waals surface area contributed by atoms with E-state index in [-0.39, 0.29) is 0 Å². The van der Waals surface area contributed by atoms with Gasteiger partial charge in [0, 0.05) is 67.6 Å². The zero-order valence-electron chi connectivity index (χ0n) is 15.0. The molecule has 2 aromatic carbocycles. The molecule has 0 bridgehead atoms. The molecule has 2 aliphatic rings. The summed E-state index contributed by atoms with van der Waals surface area (Å²) in [6, 6.07) is 17.1. The summed E-state index contributed by atoms with van der Waals surface area (Å²) in [5.41, 5.74) is 2.64. The first-order valence-electron chi connectivity index (χ1n) is 9.39. The van der Waals surface area contributed by atoms with Gasteiger partial charge in [-0.2, -0.15) is 0 Å². The first kappa shape index (κ1) is 18.1. The maximum Gasteiger partial charge on any atom is 0.0407 e. The summed E-state index contributed by atoms with van der Waals surface area (Å²) >= 11 is 12.0. The number of piperazine rings is 1. The van der Waals surface area contributed by atoms with Crippen LogP contribution < -0.4 is 4.90 Å². The summed E-state index contributed by atoms with van der Waals surface area (Å²) in [4.78, 5) is 7.71. The molecule has 0 radical (unpaired) electrons. The minimum atomic E-state index is 0.670. The van der Waals surface area contributed by atoms with Crippen LogP contribution in [0.25, 0.3) is 0 Å². The molecule has 4 rings (SSSR count). The number of hydrogen-bond donors (Lipinski definition) is 0. The lowest BCUT2D eigenvalue weighted by atomic mass is 10.1. The molecule has 2 fully saturated rings. The van der Waals surface area contributed by atoms with Crippen LogP contribution in [0.2, 0.25) is 10.0 Å². The van der Waals surface area contributed by atoms with Crippen LogP contribution in [0, 0.1) is 0 Å². The van der Waals surface area contributed by atoms with E-state index in [2.05, 4.69) is 39.0 Å². The molecule has 0 aromatic heterocycles. The Morgan fingerprint density at radius 2 is 1.38 bits per heavy atom. The predicted molar refractivity (Wildman–Crippen MR) is 110 cm³/mol. The third-order valence-corrected chi connectivity index (χ3v) is 6.10. The van der Waals surface area contributed by atoms with E-state index in [1.165, 1.54) is 17.7 Å². The maximum atomic E-state index is 6.01. The van der Waals surface area contributed by atoms with E-state index in [1.807, 2.05) is 24.3 Å².